The lowest BCUT2D eigenvalue weighted by molar-refractivity contribution is -0.131. The van der Waals surface area contributed by atoms with E-state index in [1.54, 1.807) is 11.9 Å². The lowest BCUT2D eigenvalue weighted by Crippen LogP contribution is -2.42. The number of carbonyl (C=O) groups is 1. The first kappa shape index (κ1) is 15.2. The number of aromatic amines is 1. The molecule has 1 unspecified atom stereocenters. The van der Waals surface area contributed by atoms with Crippen LogP contribution in [-0.4, -0.2) is 45.9 Å². The fraction of sp³-hybridized carbons (Fsp3) is 0.400. The molecule has 6 heteroatoms. The van der Waals surface area contributed by atoms with E-state index in [2.05, 4.69) is 20.7 Å². The number of H-pyrrole nitrogens is 1. The number of carbonyl (C=O) groups excluding carboxylic acids is 1. The molecular weight excluding hydrogens is 266 g/mol. The fourth-order valence-electron chi connectivity index (χ4n) is 2.03. The summed E-state index contributed by atoms with van der Waals surface area (Å²) in [5.41, 5.74) is 2.62. The highest BCUT2D eigenvalue weighted by Crippen LogP contribution is 2.18. The molecule has 1 amide bonds. The number of rotatable bonds is 6. The minimum absolute atomic E-state index is 0.0715. The third-order valence-electron chi connectivity index (χ3n) is 3.46. The van der Waals surface area contributed by atoms with Crippen LogP contribution in [0.4, 0.5) is 0 Å². The normalized spacial score (nSPS) is 12.1. The third-order valence-corrected chi connectivity index (χ3v) is 3.46. The molecule has 0 saturated carbocycles. The zero-order chi connectivity index (χ0) is 15.2. The second-order valence-corrected chi connectivity index (χ2v) is 4.94. The molecule has 6 nitrogen and oxygen atoms in total. The van der Waals surface area contributed by atoms with Gasteiger partial charge in [0.1, 0.15) is 11.4 Å². The maximum Gasteiger partial charge on any atom is 0.239 e. The minimum atomic E-state index is -0.254. The van der Waals surface area contributed by atoms with Gasteiger partial charge in [0.15, 0.2) is 0 Å². The van der Waals surface area contributed by atoms with E-state index in [4.69, 9.17) is 0 Å². The molecule has 0 spiro atoms. The van der Waals surface area contributed by atoms with Gasteiger partial charge in [-0.15, -0.1) is 0 Å². The number of likely N-dealkylation sites (N-methyl/N-ethyl adjacent to an activating group) is 1. The Morgan fingerprint density at radius 1 is 1.33 bits per heavy atom. The van der Waals surface area contributed by atoms with Crippen LogP contribution in [0.2, 0.25) is 0 Å². The number of hydrogen-bond donors (Lipinski definition) is 2. The average molecular weight is 287 g/mol. The van der Waals surface area contributed by atoms with Crippen LogP contribution in [-0.2, 0) is 11.3 Å². The lowest BCUT2D eigenvalue weighted by atomic mass is 10.1. The molecule has 1 aromatic heterocycles. The predicted octanol–water partition coefficient (Wildman–Crippen LogP) is 1.43. The van der Waals surface area contributed by atoms with E-state index in [1.807, 2.05) is 44.2 Å². The van der Waals surface area contributed by atoms with Gasteiger partial charge in [0.25, 0.3) is 0 Å². The van der Waals surface area contributed by atoms with Gasteiger partial charge in [0.2, 0.25) is 5.91 Å². The van der Waals surface area contributed by atoms with Crippen LogP contribution in [0.15, 0.2) is 30.3 Å². The van der Waals surface area contributed by atoms with Crippen molar-refractivity contribution in [3.63, 3.8) is 0 Å². The van der Waals surface area contributed by atoms with E-state index in [0.717, 1.165) is 17.0 Å². The molecule has 2 aromatic rings. The van der Waals surface area contributed by atoms with Crippen molar-refractivity contribution in [2.45, 2.75) is 26.4 Å². The van der Waals surface area contributed by atoms with Crippen LogP contribution in [0.5, 0.6) is 0 Å². The van der Waals surface area contributed by atoms with Crippen molar-refractivity contribution in [1.82, 2.24) is 25.6 Å². The molecule has 1 atom stereocenters. The number of nitrogens with zero attached hydrogens (tertiary/aromatic N) is 3. The van der Waals surface area contributed by atoms with E-state index >= 15 is 0 Å². The van der Waals surface area contributed by atoms with Crippen LogP contribution in [0.1, 0.15) is 19.5 Å². The molecule has 0 radical (unpaired) electrons. The zero-order valence-corrected chi connectivity index (χ0v) is 12.6. The van der Waals surface area contributed by atoms with Crippen molar-refractivity contribution in [2.75, 3.05) is 13.6 Å². The Kier molecular flexibility index (Phi) is 5.05. The topological polar surface area (TPSA) is 73.9 Å². The average Bonchev–Trinajstić information content (AvgIpc) is 3.00. The van der Waals surface area contributed by atoms with Gasteiger partial charge in [-0.25, -0.2) is 0 Å². The SMILES string of the molecule is CCN(C)C(=O)C(C)NCc1n[nH]nc1-c1ccccc1. The molecule has 112 valence electrons. The van der Waals surface area contributed by atoms with Gasteiger partial charge in [-0.2, -0.15) is 15.4 Å². The minimum Gasteiger partial charge on any atom is -0.345 e. The second kappa shape index (κ2) is 6.99. The summed E-state index contributed by atoms with van der Waals surface area (Å²) < 4.78 is 0. The maximum atomic E-state index is 12.0. The van der Waals surface area contributed by atoms with Crippen molar-refractivity contribution in [2.24, 2.45) is 0 Å². The molecule has 2 N–H and O–H groups in total. The third kappa shape index (κ3) is 3.66. The van der Waals surface area contributed by atoms with E-state index < -0.39 is 0 Å². The Morgan fingerprint density at radius 2 is 2.05 bits per heavy atom. The standard InChI is InChI=1S/C15H21N5O/c1-4-20(3)15(21)11(2)16-10-13-14(18-19-17-13)12-8-6-5-7-9-12/h5-9,11,16H,4,10H2,1-3H3,(H,17,18,19). The molecular formula is C15H21N5O. The first-order valence-corrected chi connectivity index (χ1v) is 7.07. The number of amides is 1. The van der Waals surface area contributed by atoms with Crippen molar-refractivity contribution in [3.8, 4) is 11.3 Å². The molecule has 1 heterocycles. The molecule has 0 aliphatic carbocycles. The van der Waals surface area contributed by atoms with Gasteiger partial charge < -0.3 is 10.2 Å². The van der Waals surface area contributed by atoms with E-state index in [9.17, 15) is 4.79 Å². The quantitative estimate of drug-likeness (QED) is 0.843. The summed E-state index contributed by atoms with van der Waals surface area (Å²) in [5.74, 6) is 0.0715. The van der Waals surface area contributed by atoms with Gasteiger partial charge in [0, 0.05) is 25.7 Å². The molecule has 0 aliphatic heterocycles. The van der Waals surface area contributed by atoms with E-state index in [1.165, 1.54) is 0 Å². The summed E-state index contributed by atoms with van der Waals surface area (Å²) in [7, 11) is 1.80. The summed E-state index contributed by atoms with van der Waals surface area (Å²) in [6, 6.07) is 9.60. The molecule has 1 aromatic carbocycles. The van der Waals surface area contributed by atoms with E-state index in [0.29, 0.717) is 13.1 Å². The Hall–Kier alpha value is -2.21. The van der Waals surface area contributed by atoms with Gasteiger partial charge in [-0.3, -0.25) is 4.79 Å². The summed E-state index contributed by atoms with van der Waals surface area (Å²) >= 11 is 0. The van der Waals surface area contributed by atoms with Crippen LogP contribution < -0.4 is 5.32 Å². The monoisotopic (exact) mass is 287 g/mol. The second-order valence-electron chi connectivity index (χ2n) is 4.94. The van der Waals surface area contributed by atoms with Crippen LogP contribution in [0.3, 0.4) is 0 Å². The van der Waals surface area contributed by atoms with Gasteiger partial charge in [-0.05, 0) is 13.8 Å². The van der Waals surface area contributed by atoms with Crippen LogP contribution in [0.25, 0.3) is 11.3 Å². The highest BCUT2D eigenvalue weighted by atomic mass is 16.2. The number of aromatic nitrogens is 3. The highest BCUT2D eigenvalue weighted by molar-refractivity contribution is 5.81. The number of nitrogens with one attached hydrogen (secondary N) is 2. The predicted molar refractivity (Wildman–Crippen MR) is 81.4 cm³/mol. The molecule has 0 saturated heterocycles. The van der Waals surface area contributed by atoms with Crippen LogP contribution >= 0.6 is 0 Å². The number of benzene rings is 1. The Morgan fingerprint density at radius 3 is 2.71 bits per heavy atom. The van der Waals surface area contributed by atoms with Gasteiger partial charge in [-0.1, -0.05) is 30.3 Å². The smallest absolute Gasteiger partial charge is 0.239 e. The molecule has 0 aliphatic rings. The molecule has 0 bridgehead atoms. The number of hydrogen-bond acceptors (Lipinski definition) is 4. The van der Waals surface area contributed by atoms with Crippen molar-refractivity contribution in [1.29, 1.82) is 0 Å². The zero-order valence-electron chi connectivity index (χ0n) is 12.6. The Labute approximate surface area is 124 Å². The highest BCUT2D eigenvalue weighted by Gasteiger charge is 2.17. The largest absolute Gasteiger partial charge is 0.345 e. The maximum absolute atomic E-state index is 12.0. The lowest BCUT2D eigenvalue weighted by Gasteiger charge is -2.20. The Bertz CT molecular complexity index is 581. The summed E-state index contributed by atoms with van der Waals surface area (Å²) in [6.07, 6.45) is 0. The van der Waals surface area contributed by atoms with E-state index in [-0.39, 0.29) is 11.9 Å². The van der Waals surface area contributed by atoms with Crippen molar-refractivity contribution in [3.05, 3.63) is 36.0 Å². The van der Waals surface area contributed by atoms with Gasteiger partial charge in [0.05, 0.1) is 6.04 Å². The van der Waals surface area contributed by atoms with Crippen molar-refractivity contribution < 1.29 is 4.79 Å². The summed E-state index contributed by atoms with van der Waals surface area (Å²) in [4.78, 5) is 13.7. The fourth-order valence-corrected chi connectivity index (χ4v) is 2.03. The first-order valence-electron chi connectivity index (χ1n) is 7.07. The Balaban J connectivity index is 2.02. The molecule has 0 fully saturated rings. The summed E-state index contributed by atoms with van der Waals surface area (Å²) in [6.45, 7) is 5.00. The van der Waals surface area contributed by atoms with Crippen LogP contribution in [0, 0.1) is 0 Å². The van der Waals surface area contributed by atoms with Crippen molar-refractivity contribution >= 4 is 5.91 Å². The molecule has 21 heavy (non-hydrogen) atoms. The molecule has 2 rings (SSSR count). The first-order chi connectivity index (χ1) is 10.1. The summed E-state index contributed by atoms with van der Waals surface area (Å²) in [5, 5.41) is 14.2. The van der Waals surface area contributed by atoms with Gasteiger partial charge >= 0.3 is 0 Å².